The Hall–Kier alpha value is -3.02. The van der Waals surface area contributed by atoms with Crippen molar-refractivity contribution in [2.75, 3.05) is 0 Å². The smallest absolute Gasteiger partial charge is 0.0771 e. The van der Waals surface area contributed by atoms with Crippen LogP contribution in [0.5, 0.6) is 0 Å². The van der Waals surface area contributed by atoms with Crippen LogP contribution in [0.25, 0.3) is 21.5 Å². The van der Waals surface area contributed by atoms with Crippen molar-refractivity contribution in [2.24, 2.45) is 0 Å². The van der Waals surface area contributed by atoms with Gasteiger partial charge in [-0.15, -0.1) is 46.2 Å². The topological polar surface area (TPSA) is 0 Å². The Labute approximate surface area is 243 Å². The molecule has 0 radical (unpaired) electrons. The van der Waals surface area contributed by atoms with E-state index in [1.807, 2.05) is 0 Å². The van der Waals surface area contributed by atoms with E-state index >= 15 is 0 Å². The van der Waals surface area contributed by atoms with E-state index in [-0.39, 0.29) is 0 Å². The van der Waals surface area contributed by atoms with E-state index < -0.39 is 0 Å². The van der Waals surface area contributed by atoms with Gasteiger partial charge < -0.3 is 0 Å². The van der Waals surface area contributed by atoms with Crippen LogP contribution in [0.3, 0.4) is 0 Å². The molecule has 0 nitrogen and oxygen atoms in total. The van der Waals surface area contributed by atoms with Crippen LogP contribution in [0.15, 0.2) is 132 Å². The molecule has 188 valence electrons. The van der Waals surface area contributed by atoms with Crippen LogP contribution < -0.4 is 0 Å². The first-order valence-electron chi connectivity index (χ1n) is 13.7. The quantitative estimate of drug-likeness (QED) is 0.178. The van der Waals surface area contributed by atoms with Crippen LogP contribution in [0, 0.1) is 6.08 Å². The number of allylic oxidation sites excluding steroid dienone is 4. The molecule has 0 bridgehead atoms. The van der Waals surface area contributed by atoms with Gasteiger partial charge in [-0.2, -0.15) is 11.1 Å². The SMILES string of the molecule is CCCC1=C(CCC)C[C-]=C1.[Zr+2]=[C](c1ccccc1)c1ccccc1.c1ccc2c(c1)[cH-]c1ccccc12. The maximum atomic E-state index is 3.29. The summed E-state index contributed by atoms with van der Waals surface area (Å²) in [7, 11) is 0. The normalized spacial score (nSPS) is 12.2. The average molecular weight is 572 g/mol. The summed E-state index contributed by atoms with van der Waals surface area (Å²) in [6, 6.07) is 40.4. The first kappa shape index (κ1) is 28.0. The maximum Gasteiger partial charge on any atom is -0.0771 e. The Morgan fingerprint density at radius 3 is 1.63 bits per heavy atom. The fourth-order valence-electron chi connectivity index (χ4n) is 4.86. The minimum absolute atomic E-state index is 1.10. The molecule has 6 rings (SSSR count). The van der Waals surface area contributed by atoms with Crippen LogP contribution in [0.2, 0.25) is 0 Å². The molecule has 0 saturated heterocycles. The second-order valence-corrected chi connectivity index (χ2v) is 10.8. The summed E-state index contributed by atoms with van der Waals surface area (Å²) in [5, 5.41) is 5.39. The first-order chi connectivity index (χ1) is 18.7. The van der Waals surface area contributed by atoms with E-state index in [9.17, 15) is 0 Å². The third-order valence-electron chi connectivity index (χ3n) is 6.76. The molecule has 0 aliphatic heterocycles. The van der Waals surface area contributed by atoms with Crippen molar-refractivity contribution in [1.82, 2.24) is 0 Å². The summed E-state index contributed by atoms with van der Waals surface area (Å²) < 4.78 is 1.42. The Morgan fingerprint density at radius 2 is 1.13 bits per heavy atom. The van der Waals surface area contributed by atoms with E-state index in [4.69, 9.17) is 0 Å². The third kappa shape index (κ3) is 7.52. The number of hydrogen-bond donors (Lipinski definition) is 0. The molecule has 0 amide bonds. The average Bonchev–Trinajstić information content (AvgIpc) is 3.59. The molecule has 0 fully saturated rings. The number of fused-ring (bicyclic) bond motifs is 3. The van der Waals surface area contributed by atoms with Crippen LogP contribution >= 0.6 is 0 Å². The monoisotopic (exact) mass is 570 g/mol. The summed E-state index contributed by atoms with van der Waals surface area (Å²) in [6.07, 6.45) is 11.7. The van der Waals surface area contributed by atoms with Crippen molar-refractivity contribution in [3.05, 3.63) is 150 Å². The fourth-order valence-corrected chi connectivity index (χ4v) is 5.68. The Morgan fingerprint density at radius 1 is 0.658 bits per heavy atom. The van der Waals surface area contributed by atoms with E-state index in [1.54, 1.807) is 11.1 Å². The molecule has 0 aromatic heterocycles. The van der Waals surface area contributed by atoms with Gasteiger partial charge in [0.05, 0.1) is 0 Å². The van der Waals surface area contributed by atoms with Gasteiger partial charge in [-0.3, -0.25) is 6.08 Å². The molecule has 0 saturated carbocycles. The third-order valence-corrected chi connectivity index (χ3v) is 8.18. The molecule has 0 unspecified atom stereocenters. The van der Waals surface area contributed by atoms with Gasteiger partial charge in [0.25, 0.3) is 0 Å². The minimum atomic E-state index is 1.10. The van der Waals surface area contributed by atoms with Crippen LogP contribution in [0.4, 0.5) is 0 Å². The summed E-state index contributed by atoms with van der Waals surface area (Å²) in [4.78, 5) is 0. The summed E-state index contributed by atoms with van der Waals surface area (Å²) in [5.41, 5.74) is 5.86. The van der Waals surface area contributed by atoms with Crippen molar-refractivity contribution in [3.8, 4) is 0 Å². The number of hydrogen-bond acceptors (Lipinski definition) is 0. The van der Waals surface area contributed by atoms with Gasteiger partial charge in [-0.05, 0) is 6.42 Å². The molecule has 0 atom stereocenters. The van der Waals surface area contributed by atoms with Crippen LogP contribution in [-0.4, -0.2) is 3.21 Å². The Balaban J connectivity index is 0.000000134. The van der Waals surface area contributed by atoms with Crippen molar-refractivity contribution >= 4 is 24.8 Å². The largest absolute Gasteiger partial charge is 0.126 e. The van der Waals surface area contributed by atoms with Gasteiger partial charge in [0, 0.05) is 0 Å². The minimum Gasteiger partial charge on any atom is -0.126 e. The van der Waals surface area contributed by atoms with Gasteiger partial charge in [-0.1, -0.05) is 69.5 Å². The fraction of sp³-hybridized carbons (Fsp3) is 0.189. The summed E-state index contributed by atoms with van der Waals surface area (Å²) in [5.74, 6) is 0. The molecule has 0 heterocycles. The predicted octanol–water partition coefficient (Wildman–Crippen LogP) is 10.2. The van der Waals surface area contributed by atoms with Crippen LogP contribution in [0.1, 0.15) is 57.1 Å². The molecule has 0 spiro atoms. The first-order valence-corrected chi connectivity index (χ1v) is 14.9. The van der Waals surface area contributed by atoms with Crippen LogP contribution in [-0.2, 0) is 24.2 Å². The zero-order chi connectivity index (χ0) is 26.6. The second-order valence-electron chi connectivity index (χ2n) is 9.58. The zero-order valence-corrected chi connectivity index (χ0v) is 25.0. The molecular weight excluding hydrogens is 536 g/mol. The molecule has 1 aliphatic carbocycles. The standard InChI is InChI=1S/C13H9.C13H10.C11H17.Zr/c1-3-7-12-10(5-1)9-11-6-2-4-8-13(11)12;1-3-7-12(8-4-1)11-13-9-5-2-6-10-13;1-3-6-10-8-5-9-11(10)7-4-2;/h1-9H;1-10H;8H,3-4,6-7,9H2,1-2H3;/q-1;;-1;+2. The van der Waals surface area contributed by atoms with Crippen molar-refractivity contribution in [3.63, 3.8) is 0 Å². The van der Waals surface area contributed by atoms with Crippen molar-refractivity contribution in [2.45, 2.75) is 46.0 Å². The zero-order valence-electron chi connectivity index (χ0n) is 22.6. The van der Waals surface area contributed by atoms with E-state index in [1.165, 1.54) is 85.8 Å². The Kier molecular flexibility index (Phi) is 10.9. The van der Waals surface area contributed by atoms with E-state index in [0.717, 1.165) is 6.42 Å². The van der Waals surface area contributed by atoms with Gasteiger partial charge >= 0.3 is 99.2 Å². The Bertz CT molecular complexity index is 1410. The van der Waals surface area contributed by atoms with Crippen molar-refractivity contribution in [1.29, 1.82) is 0 Å². The van der Waals surface area contributed by atoms with Gasteiger partial charge in [0.2, 0.25) is 0 Å². The van der Waals surface area contributed by atoms with Gasteiger partial charge in [-0.25, -0.2) is 6.08 Å². The molecule has 38 heavy (non-hydrogen) atoms. The second kappa shape index (κ2) is 14.8. The molecule has 5 aromatic rings. The predicted molar refractivity (Wildman–Crippen MR) is 162 cm³/mol. The summed E-state index contributed by atoms with van der Waals surface area (Å²) in [6.45, 7) is 4.48. The summed E-state index contributed by atoms with van der Waals surface area (Å²) >= 11 is 1.46. The maximum absolute atomic E-state index is 3.29. The van der Waals surface area contributed by atoms with Crippen molar-refractivity contribution < 1.29 is 24.2 Å². The van der Waals surface area contributed by atoms with E-state index in [0.29, 0.717) is 0 Å². The number of benzene rings is 4. The van der Waals surface area contributed by atoms with Gasteiger partial charge in [0.15, 0.2) is 0 Å². The number of rotatable bonds is 6. The molecular formula is C37H36Zr. The molecule has 1 heteroatoms. The molecule has 0 N–H and O–H groups in total. The molecule has 1 aliphatic rings. The van der Waals surface area contributed by atoms with E-state index in [2.05, 4.69) is 141 Å². The molecule has 5 aromatic carbocycles. The van der Waals surface area contributed by atoms with Gasteiger partial charge in [0.1, 0.15) is 0 Å².